The van der Waals surface area contributed by atoms with E-state index in [-0.39, 0.29) is 17.4 Å². The van der Waals surface area contributed by atoms with Crippen LogP contribution in [-0.2, 0) is 6.18 Å². The lowest BCUT2D eigenvalue weighted by Gasteiger charge is -2.37. The molecule has 0 radical (unpaired) electrons. The highest BCUT2D eigenvalue weighted by Crippen LogP contribution is 2.48. The van der Waals surface area contributed by atoms with Crippen LogP contribution >= 0.6 is 20.6 Å². The first kappa shape index (κ1) is 29.6. The van der Waals surface area contributed by atoms with E-state index in [4.69, 9.17) is 10.5 Å². The number of piperidine rings is 1. The number of halogens is 3. The smallest absolute Gasteiger partial charge is 0.422 e. The molecular formula is C29H31F3N5OPS. The van der Waals surface area contributed by atoms with Gasteiger partial charge in [-0.25, -0.2) is 0 Å². The van der Waals surface area contributed by atoms with Crippen molar-refractivity contribution in [1.82, 2.24) is 10.2 Å². The standard InChI is InChI=1S/C29H31F3N5OPS/c1-19(18-40-20(2)22-12-13-34-35-16-22)28(39)36-24-10-11-25(38-23-8-4-3-5-9-23)26(29(30,31)32)27(24)37-14-6-7-21(15-33)17-37/h3-5,8-13,16,18,21,36,39H,2,6-7,14-15,17,33H2,1H3/b19-18+/t21-/m0/s1. The first-order valence-corrected chi connectivity index (χ1v) is 14.1. The van der Waals surface area contributed by atoms with Gasteiger partial charge in [-0.05, 0) is 73.5 Å². The number of alkyl halides is 3. The van der Waals surface area contributed by atoms with Crippen LogP contribution < -0.4 is 20.7 Å². The number of aromatic nitrogens is 2. The van der Waals surface area contributed by atoms with Crippen LogP contribution in [0.5, 0.6) is 11.5 Å². The summed E-state index contributed by atoms with van der Waals surface area (Å²) in [5, 5.41) is 12.7. The van der Waals surface area contributed by atoms with E-state index in [9.17, 15) is 13.2 Å². The fourth-order valence-corrected chi connectivity index (χ4v) is 5.42. The summed E-state index contributed by atoms with van der Waals surface area (Å²) in [6.45, 7) is 7.22. The zero-order chi connectivity index (χ0) is 28.7. The highest BCUT2D eigenvalue weighted by molar-refractivity contribution is 8.10. The predicted molar refractivity (Wildman–Crippen MR) is 161 cm³/mol. The lowest BCUT2D eigenvalue weighted by atomic mass is 9.96. The van der Waals surface area contributed by atoms with Crippen molar-refractivity contribution in [1.29, 1.82) is 0 Å². The van der Waals surface area contributed by atoms with Gasteiger partial charge in [-0.1, -0.05) is 45.4 Å². The summed E-state index contributed by atoms with van der Waals surface area (Å²) in [4.78, 5) is 2.53. The molecule has 0 saturated carbocycles. The van der Waals surface area contributed by atoms with Gasteiger partial charge in [-0.15, -0.1) is 0 Å². The Morgan fingerprint density at radius 2 is 2.00 bits per heavy atom. The van der Waals surface area contributed by atoms with Crippen molar-refractivity contribution in [2.75, 3.05) is 29.9 Å². The summed E-state index contributed by atoms with van der Waals surface area (Å²) in [7, 11) is 3.60. The Hall–Kier alpha value is -3.33. The van der Waals surface area contributed by atoms with Crippen LogP contribution in [0.1, 0.15) is 30.9 Å². The molecule has 3 N–H and O–H groups in total. The molecule has 1 fully saturated rings. The molecule has 0 spiro atoms. The maximum Gasteiger partial charge on any atom is 0.422 e. The van der Waals surface area contributed by atoms with Crippen LogP contribution in [0, 0.1) is 5.92 Å². The van der Waals surface area contributed by atoms with Crippen molar-refractivity contribution >= 4 is 42.3 Å². The Kier molecular flexibility index (Phi) is 9.90. The molecule has 1 aliphatic heterocycles. The summed E-state index contributed by atoms with van der Waals surface area (Å²) >= 11 is 1.38. The molecule has 4 rings (SSSR count). The lowest BCUT2D eigenvalue weighted by molar-refractivity contribution is -0.138. The number of anilines is 2. The summed E-state index contributed by atoms with van der Waals surface area (Å²) in [5.41, 5.74) is 7.58. The van der Waals surface area contributed by atoms with Crippen molar-refractivity contribution < 1.29 is 17.9 Å². The van der Waals surface area contributed by atoms with Gasteiger partial charge in [0, 0.05) is 23.6 Å². The lowest BCUT2D eigenvalue weighted by Crippen LogP contribution is -2.40. The van der Waals surface area contributed by atoms with E-state index in [1.54, 1.807) is 59.8 Å². The van der Waals surface area contributed by atoms with Crippen molar-refractivity contribution in [3.05, 3.63) is 89.6 Å². The molecule has 2 aromatic carbocycles. The van der Waals surface area contributed by atoms with Gasteiger partial charge in [-0.3, -0.25) is 0 Å². The van der Waals surface area contributed by atoms with Crippen LogP contribution in [0.4, 0.5) is 24.5 Å². The fourth-order valence-electron chi connectivity index (χ4n) is 4.41. The average molecular weight is 586 g/mol. The maximum atomic E-state index is 14.8. The number of benzene rings is 2. The van der Waals surface area contributed by atoms with E-state index >= 15 is 0 Å². The summed E-state index contributed by atoms with van der Waals surface area (Å²) < 4.78 is 50.1. The van der Waals surface area contributed by atoms with Gasteiger partial charge in [0.25, 0.3) is 0 Å². The van der Waals surface area contributed by atoms with E-state index in [1.165, 1.54) is 17.8 Å². The predicted octanol–water partition coefficient (Wildman–Crippen LogP) is 7.46. The molecule has 40 heavy (non-hydrogen) atoms. The van der Waals surface area contributed by atoms with Crippen molar-refractivity contribution in [2.24, 2.45) is 11.7 Å². The molecule has 1 aliphatic rings. The Balaban J connectivity index is 1.69. The molecule has 6 nitrogen and oxygen atoms in total. The van der Waals surface area contributed by atoms with Gasteiger partial charge in [0.15, 0.2) is 0 Å². The van der Waals surface area contributed by atoms with Crippen LogP contribution in [0.3, 0.4) is 0 Å². The van der Waals surface area contributed by atoms with Gasteiger partial charge in [-0.2, -0.15) is 23.4 Å². The fraction of sp³-hybridized carbons (Fsp3) is 0.276. The molecular weight excluding hydrogens is 554 g/mol. The van der Waals surface area contributed by atoms with E-state index in [2.05, 4.69) is 31.0 Å². The maximum absolute atomic E-state index is 14.8. The highest BCUT2D eigenvalue weighted by atomic mass is 32.2. The van der Waals surface area contributed by atoms with Crippen LogP contribution in [0.15, 0.2) is 78.5 Å². The number of hydrogen-bond acceptors (Lipinski definition) is 6. The molecule has 1 aromatic heterocycles. The third kappa shape index (κ3) is 7.44. The number of nitrogens with zero attached hydrogens (tertiary/aromatic N) is 3. The monoisotopic (exact) mass is 585 g/mol. The average Bonchev–Trinajstić information content (AvgIpc) is 2.96. The molecule has 0 aliphatic carbocycles. The van der Waals surface area contributed by atoms with E-state index in [0.717, 1.165) is 28.9 Å². The van der Waals surface area contributed by atoms with Crippen LogP contribution in [0.25, 0.3) is 4.91 Å². The number of hydrogen-bond donors (Lipinski definition) is 2. The topological polar surface area (TPSA) is 76.3 Å². The number of nitrogens with one attached hydrogen (secondary N) is 1. The molecule has 2 heterocycles. The Morgan fingerprint density at radius 3 is 2.67 bits per heavy atom. The van der Waals surface area contributed by atoms with Gasteiger partial charge < -0.3 is 20.7 Å². The van der Waals surface area contributed by atoms with E-state index in [0.29, 0.717) is 36.5 Å². The Bertz CT molecular complexity index is 1370. The first-order valence-electron chi connectivity index (χ1n) is 12.7. The van der Waals surface area contributed by atoms with Gasteiger partial charge in [0.05, 0.1) is 29.2 Å². The summed E-state index contributed by atoms with van der Waals surface area (Å²) in [6.07, 6.45) is 0.154. The Labute approximate surface area is 238 Å². The molecule has 11 heteroatoms. The van der Waals surface area contributed by atoms with Gasteiger partial charge >= 0.3 is 6.18 Å². The summed E-state index contributed by atoms with van der Waals surface area (Å²) in [5.74, 6) is 0.167. The minimum absolute atomic E-state index is 0.0440. The zero-order valence-electron chi connectivity index (χ0n) is 22.0. The third-order valence-corrected chi connectivity index (χ3v) is 8.01. The molecule has 3 aromatic rings. The van der Waals surface area contributed by atoms with Crippen molar-refractivity contribution in [2.45, 2.75) is 25.9 Å². The molecule has 1 saturated heterocycles. The SMILES string of the molecule is C=C(S/C=C(\C)C(=P)Nc1ccc(Oc2ccccc2)c(C(F)(F)F)c1N1CCC[C@@H](CN)C1)c1ccnnc1. The number of nitrogens with two attached hydrogens (primary N) is 1. The van der Waals surface area contributed by atoms with Gasteiger partial charge in [0.1, 0.15) is 17.1 Å². The quantitative estimate of drug-likeness (QED) is 0.239. The highest BCUT2D eigenvalue weighted by Gasteiger charge is 2.41. The number of rotatable bonds is 10. The Morgan fingerprint density at radius 1 is 1.23 bits per heavy atom. The zero-order valence-corrected chi connectivity index (χ0v) is 23.9. The molecule has 210 valence electrons. The third-order valence-electron chi connectivity index (χ3n) is 6.50. The van der Waals surface area contributed by atoms with Crippen LogP contribution in [0.2, 0.25) is 0 Å². The van der Waals surface area contributed by atoms with Crippen LogP contribution in [-0.4, -0.2) is 35.2 Å². The number of para-hydroxylation sites is 1. The van der Waals surface area contributed by atoms with Crippen molar-refractivity contribution in [3.63, 3.8) is 0 Å². The van der Waals surface area contributed by atoms with E-state index < -0.39 is 11.7 Å². The number of thioether (sulfide) groups is 1. The van der Waals surface area contributed by atoms with Crippen molar-refractivity contribution in [3.8, 4) is 11.5 Å². The molecule has 0 amide bonds. The second-order valence-corrected chi connectivity index (χ2v) is 10.9. The first-order chi connectivity index (χ1) is 19.2. The molecule has 0 bridgehead atoms. The van der Waals surface area contributed by atoms with Gasteiger partial charge in [0.2, 0.25) is 0 Å². The molecule has 1 atom stereocenters. The second kappa shape index (κ2) is 13.4. The minimum Gasteiger partial charge on any atom is -0.457 e. The second-order valence-electron chi connectivity index (χ2n) is 9.41. The normalized spacial score (nSPS) is 16.0. The summed E-state index contributed by atoms with van der Waals surface area (Å²) in [6, 6.07) is 13.3. The minimum atomic E-state index is -4.67. The molecule has 0 unspecified atom stereocenters. The largest absolute Gasteiger partial charge is 0.457 e. The van der Waals surface area contributed by atoms with E-state index in [1.807, 2.05) is 12.3 Å². The number of ether oxygens (including phenoxy) is 1.